The van der Waals surface area contributed by atoms with Crippen molar-refractivity contribution in [2.75, 3.05) is 6.54 Å². The lowest BCUT2D eigenvalue weighted by molar-refractivity contribution is 0.0725. The van der Waals surface area contributed by atoms with Gasteiger partial charge in [0.2, 0.25) is 0 Å². The summed E-state index contributed by atoms with van der Waals surface area (Å²) in [5.41, 5.74) is 2.07. The topological polar surface area (TPSA) is 72.1 Å². The molecule has 112 valence electrons. The molecule has 0 radical (unpaired) electrons. The summed E-state index contributed by atoms with van der Waals surface area (Å²) in [4.78, 5) is 19.0. The summed E-state index contributed by atoms with van der Waals surface area (Å²) >= 11 is 1.56. The second-order valence-electron chi connectivity index (χ2n) is 5.27. The van der Waals surface area contributed by atoms with Gasteiger partial charge in [-0.05, 0) is 32.6 Å². The molecule has 0 N–H and O–H groups in total. The van der Waals surface area contributed by atoms with Gasteiger partial charge in [-0.3, -0.25) is 4.79 Å². The molecule has 1 atom stereocenters. The number of hydrogen-bond acceptors (Lipinski definition) is 6. The molecule has 0 spiro atoms. The predicted octanol–water partition coefficient (Wildman–Crippen LogP) is 2.76. The van der Waals surface area contributed by atoms with Crippen molar-refractivity contribution in [3.05, 3.63) is 27.5 Å². The first-order chi connectivity index (χ1) is 10.2. The van der Waals surface area contributed by atoms with Gasteiger partial charge in [-0.1, -0.05) is 17.2 Å². The maximum Gasteiger partial charge on any atom is 0.273 e. The molecule has 1 saturated heterocycles. The molecule has 2 aromatic heterocycles. The standard InChI is InChI=1S/C14H18N4O2S/c1-3-5-12-15-10(8-21-12)14(19)18-7-4-6-11(18)13-9(2)16-20-17-13/h8,11H,3-7H2,1-2H3/t11-/m1/s1. The van der Waals surface area contributed by atoms with Gasteiger partial charge in [-0.25, -0.2) is 9.61 Å². The summed E-state index contributed by atoms with van der Waals surface area (Å²) in [6, 6.07) is -0.0416. The Kier molecular flexibility index (Phi) is 4.01. The van der Waals surface area contributed by atoms with Crippen LogP contribution >= 0.6 is 11.3 Å². The van der Waals surface area contributed by atoms with Gasteiger partial charge in [-0.15, -0.1) is 11.3 Å². The van der Waals surface area contributed by atoms with E-state index in [-0.39, 0.29) is 11.9 Å². The lowest BCUT2D eigenvalue weighted by Gasteiger charge is -2.22. The number of carbonyl (C=O) groups is 1. The molecule has 0 unspecified atom stereocenters. The van der Waals surface area contributed by atoms with Gasteiger partial charge in [0.15, 0.2) is 0 Å². The number of carbonyl (C=O) groups excluding carboxylic acids is 1. The quantitative estimate of drug-likeness (QED) is 0.868. The fourth-order valence-electron chi connectivity index (χ4n) is 2.72. The van der Waals surface area contributed by atoms with E-state index in [4.69, 9.17) is 4.63 Å². The number of likely N-dealkylation sites (tertiary alicyclic amines) is 1. The van der Waals surface area contributed by atoms with E-state index in [0.29, 0.717) is 5.69 Å². The Bertz CT molecular complexity index is 636. The number of aromatic nitrogens is 3. The molecule has 1 aliphatic rings. The molecular formula is C14H18N4O2S. The normalized spacial score (nSPS) is 18.4. The predicted molar refractivity (Wildman–Crippen MR) is 78.2 cm³/mol. The number of nitrogens with zero attached hydrogens (tertiary/aromatic N) is 4. The van der Waals surface area contributed by atoms with Gasteiger partial charge in [0, 0.05) is 11.9 Å². The highest BCUT2D eigenvalue weighted by Crippen LogP contribution is 2.33. The Balaban J connectivity index is 1.81. The van der Waals surface area contributed by atoms with Gasteiger partial charge >= 0.3 is 0 Å². The van der Waals surface area contributed by atoms with Crippen molar-refractivity contribution in [2.45, 2.75) is 45.6 Å². The summed E-state index contributed by atoms with van der Waals surface area (Å²) in [7, 11) is 0. The Hall–Kier alpha value is -1.76. The van der Waals surface area contributed by atoms with Crippen molar-refractivity contribution >= 4 is 17.2 Å². The van der Waals surface area contributed by atoms with Crippen LogP contribution in [-0.2, 0) is 6.42 Å². The summed E-state index contributed by atoms with van der Waals surface area (Å²) in [6.45, 7) is 4.70. The molecule has 6 nitrogen and oxygen atoms in total. The highest BCUT2D eigenvalue weighted by molar-refractivity contribution is 7.09. The third-order valence-electron chi connectivity index (χ3n) is 3.75. The molecule has 21 heavy (non-hydrogen) atoms. The third kappa shape index (κ3) is 2.70. The number of thiazole rings is 1. The maximum absolute atomic E-state index is 12.7. The SMILES string of the molecule is CCCc1nc(C(=O)N2CCC[C@@H]2c2nonc2C)cs1. The summed E-state index contributed by atoms with van der Waals surface area (Å²) in [6.07, 6.45) is 3.83. The second kappa shape index (κ2) is 5.93. The first-order valence-electron chi connectivity index (χ1n) is 7.25. The molecule has 1 aliphatic heterocycles. The van der Waals surface area contributed by atoms with E-state index < -0.39 is 0 Å². The number of amides is 1. The maximum atomic E-state index is 12.7. The fraction of sp³-hybridized carbons (Fsp3) is 0.571. The van der Waals surface area contributed by atoms with Crippen molar-refractivity contribution in [3.8, 4) is 0 Å². The van der Waals surface area contributed by atoms with Gasteiger partial charge in [0.25, 0.3) is 5.91 Å². The zero-order valence-corrected chi connectivity index (χ0v) is 13.0. The number of hydrogen-bond donors (Lipinski definition) is 0. The summed E-state index contributed by atoms with van der Waals surface area (Å²) in [5.74, 6) is -0.0153. The van der Waals surface area contributed by atoms with Crippen LogP contribution in [0.2, 0.25) is 0 Å². The van der Waals surface area contributed by atoms with Crippen LogP contribution in [0.1, 0.15) is 59.1 Å². The lowest BCUT2D eigenvalue weighted by atomic mass is 10.1. The van der Waals surface area contributed by atoms with Crippen LogP contribution in [0.15, 0.2) is 10.0 Å². The van der Waals surface area contributed by atoms with Crippen molar-refractivity contribution in [1.82, 2.24) is 20.2 Å². The molecule has 0 aromatic carbocycles. The van der Waals surface area contributed by atoms with Crippen LogP contribution in [0.3, 0.4) is 0 Å². The van der Waals surface area contributed by atoms with Crippen LogP contribution < -0.4 is 0 Å². The summed E-state index contributed by atoms with van der Waals surface area (Å²) in [5, 5.41) is 10.7. The number of rotatable bonds is 4. The number of aryl methyl sites for hydroxylation is 2. The first kappa shape index (κ1) is 14.2. The van der Waals surface area contributed by atoms with Crippen LogP contribution in [-0.4, -0.2) is 32.6 Å². The largest absolute Gasteiger partial charge is 0.328 e. The molecule has 3 rings (SSSR count). The Morgan fingerprint density at radius 2 is 2.38 bits per heavy atom. The molecule has 7 heteroatoms. The van der Waals surface area contributed by atoms with E-state index in [9.17, 15) is 4.79 Å². The third-order valence-corrected chi connectivity index (χ3v) is 4.66. The van der Waals surface area contributed by atoms with E-state index in [1.54, 1.807) is 11.3 Å². The van der Waals surface area contributed by atoms with Crippen LogP contribution in [0.5, 0.6) is 0 Å². The van der Waals surface area contributed by atoms with Crippen molar-refractivity contribution in [3.63, 3.8) is 0 Å². The molecular weight excluding hydrogens is 288 g/mol. The van der Waals surface area contributed by atoms with Gasteiger partial charge in [0.1, 0.15) is 17.1 Å². The monoisotopic (exact) mass is 306 g/mol. The van der Waals surface area contributed by atoms with Crippen LogP contribution in [0.25, 0.3) is 0 Å². The van der Waals surface area contributed by atoms with Gasteiger partial charge < -0.3 is 4.90 Å². The Morgan fingerprint density at radius 1 is 1.52 bits per heavy atom. The average Bonchev–Trinajstić information content (AvgIpc) is 3.17. The molecule has 0 saturated carbocycles. The van der Waals surface area contributed by atoms with E-state index in [0.717, 1.165) is 48.6 Å². The lowest BCUT2D eigenvalue weighted by Crippen LogP contribution is -2.31. The van der Waals surface area contributed by atoms with Crippen LogP contribution in [0.4, 0.5) is 0 Å². The minimum Gasteiger partial charge on any atom is -0.328 e. The smallest absolute Gasteiger partial charge is 0.273 e. The first-order valence-corrected chi connectivity index (χ1v) is 8.13. The molecule has 1 fully saturated rings. The van der Waals surface area contributed by atoms with Gasteiger partial charge in [-0.2, -0.15) is 0 Å². The van der Waals surface area contributed by atoms with Crippen molar-refractivity contribution < 1.29 is 9.42 Å². The summed E-state index contributed by atoms with van der Waals surface area (Å²) < 4.78 is 4.78. The zero-order valence-electron chi connectivity index (χ0n) is 12.2. The van der Waals surface area contributed by atoms with Crippen molar-refractivity contribution in [1.29, 1.82) is 0 Å². The van der Waals surface area contributed by atoms with E-state index in [1.165, 1.54) is 0 Å². The fourth-order valence-corrected chi connectivity index (χ4v) is 3.59. The van der Waals surface area contributed by atoms with Crippen molar-refractivity contribution in [2.24, 2.45) is 0 Å². The molecule has 0 bridgehead atoms. The highest BCUT2D eigenvalue weighted by atomic mass is 32.1. The average molecular weight is 306 g/mol. The van der Waals surface area contributed by atoms with Gasteiger partial charge in [0.05, 0.1) is 11.0 Å². The van der Waals surface area contributed by atoms with E-state index >= 15 is 0 Å². The Labute approximate surface area is 127 Å². The van der Waals surface area contributed by atoms with E-state index in [2.05, 4.69) is 22.2 Å². The van der Waals surface area contributed by atoms with Crippen LogP contribution in [0, 0.1) is 6.92 Å². The molecule has 3 heterocycles. The van der Waals surface area contributed by atoms with E-state index in [1.807, 2.05) is 17.2 Å². The second-order valence-corrected chi connectivity index (χ2v) is 6.21. The molecule has 0 aliphatic carbocycles. The minimum absolute atomic E-state index is 0.0153. The minimum atomic E-state index is -0.0416. The highest BCUT2D eigenvalue weighted by Gasteiger charge is 2.34. The molecule has 2 aromatic rings. The Morgan fingerprint density at radius 3 is 3.10 bits per heavy atom. The zero-order chi connectivity index (χ0) is 14.8. The molecule has 1 amide bonds.